The zero-order chi connectivity index (χ0) is 19.8. The number of benzene rings is 1. The Balaban J connectivity index is 1.45. The third kappa shape index (κ3) is 4.85. The van der Waals surface area contributed by atoms with Crippen LogP contribution < -0.4 is 15.4 Å². The van der Waals surface area contributed by atoms with E-state index in [-0.39, 0.29) is 24.8 Å². The Bertz CT molecular complexity index is 954. The second-order valence-electron chi connectivity index (χ2n) is 6.22. The normalized spacial score (nSPS) is 10.6. The van der Waals surface area contributed by atoms with Gasteiger partial charge in [-0.15, -0.1) is 0 Å². The molecular weight excluding hydrogens is 358 g/mol. The molecule has 3 N–H and O–H groups in total. The molecule has 0 unspecified atom stereocenters. The van der Waals surface area contributed by atoms with Gasteiger partial charge in [-0.05, 0) is 18.6 Å². The minimum absolute atomic E-state index is 0.166. The number of aromatic nitrogens is 3. The lowest BCUT2D eigenvalue weighted by Gasteiger charge is -2.10. The summed E-state index contributed by atoms with van der Waals surface area (Å²) < 4.78 is 5.58. The van der Waals surface area contributed by atoms with Gasteiger partial charge in [0.05, 0.1) is 12.1 Å². The Morgan fingerprint density at radius 1 is 1.14 bits per heavy atom. The molecule has 2 aromatic heterocycles. The fraction of sp³-hybridized carbons (Fsp3) is 0.300. The first-order chi connectivity index (χ1) is 13.7. The molecule has 8 heteroatoms. The van der Waals surface area contributed by atoms with Crippen LogP contribution in [-0.4, -0.2) is 40.1 Å². The van der Waals surface area contributed by atoms with Crippen LogP contribution in [0.25, 0.3) is 10.9 Å². The number of rotatable bonds is 9. The van der Waals surface area contributed by atoms with Gasteiger partial charge < -0.3 is 15.4 Å². The summed E-state index contributed by atoms with van der Waals surface area (Å²) in [4.78, 5) is 28.5. The summed E-state index contributed by atoms with van der Waals surface area (Å²) in [6, 6.07) is 11.1. The molecule has 8 nitrogen and oxygen atoms in total. The second-order valence-corrected chi connectivity index (χ2v) is 6.22. The molecule has 146 valence electrons. The molecule has 0 atom stereocenters. The highest BCUT2D eigenvalue weighted by molar-refractivity contribution is 6.04. The summed E-state index contributed by atoms with van der Waals surface area (Å²) in [6.07, 6.45) is 2.71. The van der Waals surface area contributed by atoms with Gasteiger partial charge in [0.15, 0.2) is 5.69 Å². The van der Waals surface area contributed by atoms with E-state index in [1.807, 2.05) is 37.3 Å². The largest absolute Gasteiger partial charge is 0.477 e. The molecular formula is C20H23N5O3. The van der Waals surface area contributed by atoms with Gasteiger partial charge in [-0.3, -0.25) is 14.7 Å². The van der Waals surface area contributed by atoms with Crippen LogP contribution in [-0.2, 0) is 11.3 Å². The first-order valence-corrected chi connectivity index (χ1v) is 9.23. The quantitative estimate of drug-likeness (QED) is 0.526. The standard InChI is InChI=1S/C20H23N5O3/c1-2-12-28-20-14(6-5-10-22-20)13-23-17(26)9-11-21-19(27)18-15-7-3-4-8-16(15)24-25-18/h3-8,10H,2,9,11-13H2,1H3,(H,21,27)(H,23,26)(H,24,25). The van der Waals surface area contributed by atoms with Gasteiger partial charge in [-0.25, -0.2) is 4.98 Å². The van der Waals surface area contributed by atoms with Gasteiger partial charge in [0.2, 0.25) is 11.8 Å². The van der Waals surface area contributed by atoms with E-state index in [9.17, 15) is 9.59 Å². The van der Waals surface area contributed by atoms with E-state index in [2.05, 4.69) is 25.8 Å². The molecule has 0 aliphatic carbocycles. The van der Waals surface area contributed by atoms with Crippen LogP contribution in [0, 0.1) is 0 Å². The highest BCUT2D eigenvalue weighted by atomic mass is 16.5. The van der Waals surface area contributed by atoms with Crippen molar-refractivity contribution in [1.82, 2.24) is 25.8 Å². The molecule has 0 saturated carbocycles. The lowest BCUT2D eigenvalue weighted by Crippen LogP contribution is -2.30. The molecule has 0 aliphatic rings. The number of para-hydroxylation sites is 1. The molecule has 0 fully saturated rings. The number of hydrogen-bond donors (Lipinski definition) is 3. The van der Waals surface area contributed by atoms with Crippen molar-refractivity contribution in [2.75, 3.05) is 13.2 Å². The van der Waals surface area contributed by atoms with Crippen LogP contribution >= 0.6 is 0 Å². The van der Waals surface area contributed by atoms with Crippen LogP contribution in [0.5, 0.6) is 5.88 Å². The smallest absolute Gasteiger partial charge is 0.272 e. The van der Waals surface area contributed by atoms with E-state index >= 15 is 0 Å². The van der Waals surface area contributed by atoms with Crippen molar-refractivity contribution in [3.63, 3.8) is 0 Å². The lowest BCUT2D eigenvalue weighted by atomic mass is 10.2. The molecule has 0 bridgehead atoms. The zero-order valence-corrected chi connectivity index (χ0v) is 15.7. The summed E-state index contributed by atoms with van der Waals surface area (Å²) in [6.45, 7) is 3.14. The van der Waals surface area contributed by atoms with Crippen molar-refractivity contribution < 1.29 is 14.3 Å². The highest BCUT2D eigenvalue weighted by Crippen LogP contribution is 2.15. The number of nitrogens with zero attached hydrogens (tertiary/aromatic N) is 2. The Kier molecular flexibility index (Phi) is 6.56. The molecule has 0 spiro atoms. The minimum atomic E-state index is -0.312. The van der Waals surface area contributed by atoms with Crippen molar-refractivity contribution in [3.05, 3.63) is 53.9 Å². The van der Waals surface area contributed by atoms with Gasteiger partial charge >= 0.3 is 0 Å². The van der Waals surface area contributed by atoms with Crippen molar-refractivity contribution >= 4 is 22.7 Å². The van der Waals surface area contributed by atoms with E-state index in [0.717, 1.165) is 22.9 Å². The number of carbonyl (C=O) groups excluding carboxylic acids is 2. The SMILES string of the molecule is CCCOc1ncccc1CNC(=O)CCNC(=O)c1n[nH]c2ccccc12. The third-order valence-corrected chi connectivity index (χ3v) is 4.09. The van der Waals surface area contributed by atoms with Crippen molar-refractivity contribution in [2.45, 2.75) is 26.3 Å². The van der Waals surface area contributed by atoms with E-state index in [4.69, 9.17) is 4.74 Å². The Hall–Kier alpha value is -3.42. The van der Waals surface area contributed by atoms with Crippen LogP contribution in [0.2, 0.25) is 0 Å². The molecule has 2 heterocycles. The fourth-order valence-electron chi connectivity index (χ4n) is 2.68. The lowest BCUT2D eigenvalue weighted by molar-refractivity contribution is -0.121. The van der Waals surface area contributed by atoms with Gasteiger partial charge in [-0.2, -0.15) is 5.10 Å². The molecule has 0 saturated heterocycles. The van der Waals surface area contributed by atoms with Crippen LogP contribution in [0.1, 0.15) is 35.8 Å². The van der Waals surface area contributed by atoms with Crippen molar-refractivity contribution in [1.29, 1.82) is 0 Å². The van der Waals surface area contributed by atoms with E-state index < -0.39 is 0 Å². The number of aromatic amines is 1. The maximum atomic E-state index is 12.3. The zero-order valence-electron chi connectivity index (χ0n) is 15.7. The maximum Gasteiger partial charge on any atom is 0.272 e. The summed E-state index contributed by atoms with van der Waals surface area (Å²) >= 11 is 0. The maximum absolute atomic E-state index is 12.3. The fourth-order valence-corrected chi connectivity index (χ4v) is 2.68. The van der Waals surface area contributed by atoms with Gasteiger partial charge in [-0.1, -0.05) is 31.2 Å². The van der Waals surface area contributed by atoms with Crippen LogP contribution in [0.15, 0.2) is 42.6 Å². The van der Waals surface area contributed by atoms with Gasteiger partial charge in [0.1, 0.15) is 0 Å². The predicted molar refractivity (Wildman–Crippen MR) is 105 cm³/mol. The third-order valence-electron chi connectivity index (χ3n) is 4.09. The Morgan fingerprint density at radius 2 is 2.00 bits per heavy atom. The number of hydrogen-bond acceptors (Lipinski definition) is 5. The van der Waals surface area contributed by atoms with Gasteiger partial charge in [0, 0.05) is 36.7 Å². The second kappa shape index (κ2) is 9.50. The average Bonchev–Trinajstić information content (AvgIpc) is 3.15. The van der Waals surface area contributed by atoms with E-state index in [0.29, 0.717) is 24.7 Å². The summed E-state index contributed by atoms with van der Waals surface area (Å²) in [5.41, 5.74) is 1.93. The van der Waals surface area contributed by atoms with Crippen LogP contribution in [0.3, 0.4) is 0 Å². The molecule has 0 aliphatic heterocycles. The number of fused-ring (bicyclic) bond motifs is 1. The van der Waals surface area contributed by atoms with E-state index in [1.54, 1.807) is 12.3 Å². The molecule has 28 heavy (non-hydrogen) atoms. The predicted octanol–water partition coefficient (Wildman–Crippen LogP) is 2.18. The molecule has 2 amide bonds. The number of carbonyl (C=O) groups is 2. The molecule has 0 radical (unpaired) electrons. The van der Waals surface area contributed by atoms with Crippen molar-refractivity contribution in [3.8, 4) is 5.88 Å². The van der Waals surface area contributed by atoms with Gasteiger partial charge in [0.25, 0.3) is 5.91 Å². The summed E-state index contributed by atoms with van der Waals surface area (Å²) in [5, 5.41) is 13.2. The first kappa shape index (κ1) is 19.3. The Morgan fingerprint density at radius 3 is 2.86 bits per heavy atom. The van der Waals surface area contributed by atoms with Crippen molar-refractivity contribution in [2.24, 2.45) is 0 Å². The summed E-state index contributed by atoms with van der Waals surface area (Å²) in [7, 11) is 0. The molecule has 3 rings (SSSR count). The first-order valence-electron chi connectivity index (χ1n) is 9.23. The Labute approximate surface area is 162 Å². The molecule has 3 aromatic rings. The number of pyridine rings is 1. The topological polar surface area (TPSA) is 109 Å². The monoisotopic (exact) mass is 381 g/mol. The number of amides is 2. The number of ether oxygens (including phenoxy) is 1. The highest BCUT2D eigenvalue weighted by Gasteiger charge is 2.14. The minimum Gasteiger partial charge on any atom is -0.477 e. The van der Waals surface area contributed by atoms with Crippen LogP contribution in [0.4, 0.5) is 0 Å². The molecule has 1 aromatic carbocycles. The summed E-state index contributed by atoms with van der Waals surface area (Å²) in [5.74, 6) is 0.0496. The van der Waals surface area contributed by atoms with E-state index in [1.165, 1.54) is 0 Å². The number of H-pyrrole nitrogens is 1. The average molecular weight is 381 g/mol. The number of nitrogens with one attached hydrogen (secondary N) is 3.